The van der Waals surface area contributed by atoms with E-state index in [0.717, 1.165) is 11.8 Å². The van der Waals surface area contributed by atoms with Gasteiger partial charge in [0.15, 0.2) is 0 Å². The van der Waals surface area contributed by atoms with Crippen molar-refractivity contribution in [3.8, 4) is 11.5 Å². The van der Waals surface area contributed by atoms with Crippen LogP contribution in [-0.2, 0) is 16.4 Å². The van der Waals surface area contributed by atoms with Crippen molar-refractivity contribution >= 4 is 38.4 Å². The Morgan fingerprint density at radius 2 is 1.85 bits per heavy atom. The van der Waals surface area contributed by atoms with E-state index in [0.29, 0.717) is 39.4 Å². The second-order valence-electron chi connectivity index (χ2n) is 9.05. The average Bonchev–Trinajstić information content (AvgIpc) is 2.90. The molecule has 0 bridgehead atoms. The zero-order chi connectivity index (χ0) is 28.0. The van der Waals surface area contributed by atoms with Gasteiger partial charge in [-0.1, -0.05) is 35.9 Å². The van der Waals surface area contributed by atoms with Gasteiger partial charge in [-0.2, -0.15) is 0 Å². The molecule has 11 heteroatoms. The quantitative estimate of drug-likeness (QED) is 0.215. The highest BCUT2D eigenvalue weighted by Crippen LogP contribution is 2.29. The molecule has 4 N–H and O–H groups in total. The molecule has 0 spiro atoms. The molecule has 39 heavy (non-hydrogen) atoms. The zero-order valence-electron chi connectivity index (χ0n) is 21.0. The molecule has 1 amide bonds. The summed E-state index contributed by atoms with van der Waals surface area (Å²) in [5.74, 6) is 0.362. The minimum Gasteiger partial charge on any atom is -0.457 e. The Labute approximate surface area is 231 Å². The van der Waals surface area contributed by atoms with Crippen LogP contribution in [0.1, 0.15) is 27.6 Å². The molecule has 0 saturated heterocycles. The maximum absolute atomic E-state index is 12.2. The number of aliphatic hydroxyl groups is 2. The number of ether oxygens (including phenoxy) is 1. The lowest BCUT2D eigenvalue weighted by atomic mass is 10.0. The van der Waals surface area contributed by atoms with E-state index in [1.807, 2.05) is 29.0 Å². The molecular weight excluding hydrogens is 542 g/mol. The predicted molar refractivity (Wildman–Crippen MR) is 150 cm³/mol. The second kappa shape index (κ2) is 12.5. The van der Waals surface area contributed by atoms with Gasteiger partial charge >= 0.3 is 0 Å². The maximum atomic E-state index is 12.2. The van der Waals surface area contributed by atoms with E-state index in [2.05, 4.69) is 10.3 Å². The Hall–Kier alpha value is -3.54. The fraction of sp³-hybridized carbons (Fsp3) is 0.214. The molecular formula is C28H28ClN3O6S. The lowest BCUT2D eigenvalue weighted by Gasteiger charge is -2.19. The lowest BCUT2D eigenvalue weighted by Crippen LogP contribution is -2.37. The first-order valence-corrected chi connectivity index (χ1v) is 14.3. The molecule has 0 aliphatic rings. The number of hydrogen-bond donors (Lipinski definition) is 4. The fourth-order valence-corrected chi connectivity index (χ4v) is 4.65. The first-order valence-electron chi connectivity index (χ1n) is 12.1. The van der Waals surface area contributed by atoms with Gasteiger partial charge in [0.25, 0.3) is 5.91 Å². The van der Waals surface area contributed by atoms with Gasteiger partial charge in [0.2, 0.25) is 10.0 Å². The molecule has 0 fully saturated rings. The topological polar surface area (TPSA) is 138 Å². The second-order valence-corrected chi connectivity index (χ2v) is 11.2. The summed E-state index contributed by atoms with van der Waals surface area (Å²) in [5, 5.41) is 24.6. The van der Waals surface area contributed by atoms with E-state index in [9.17, 15) is 23.4 Å². The molecule has 1 heterocycles. The standard InChI is InChI=1S/C28H28ClN3O6S/c1-39(36,37)32-28(35)20-7-10-24-25(15-20)30-12-11-27(24)38-23-8-5-18(6-9-23)13-22(17-33)31-16-26(34)19-3-2-4-21(29)14-19/h2-12,14-15,22,26,31,33-34H,13,16-17H2,1H3,(H,32,35)/t22-,26+/m0/s1. The van der Waals surface area contributed by atoms with E-state index in [1.54, 1.807) is 42.6 Å². The van der Waals surface area contributed by atoms with Gasteiger partial charge in [0.1, 0.15) is 11.5 Å². The summed E-state index contributed by atoms with van der Waals surface area (Å²) >= 11 is 6.00. The molecule has 0 unspecified atom stereocenters. The van der Waals surface area contributed by atoms with Crippen LogP contribution >= 0.6 is 11.6 Å². The molecule has 9 nitrogen and oxygen atoms in total. The Balaban J connectivity index is 1.39. The van der Waals surface area contributed by atoms with Gasteiger partial charge in [-0.25, -0.2) is 13.1 Å². The maximum Gasteiger partial charge on any atom is 0.264 e. The largest absolute Gasteiger partial charge is 0.457 e. The third kappa shape index (κ3) is 7.98. The van der Waals surface area contributed by atoms with Crippen molar-refractivity contribution in [1.29, 1.82) is 0 Å². The number of fused-ring (bicyclic) bond motifs is 1. The van der Waals surface area contributed by atoms with E-state index in [-0.39, 0.29) is 24.8 Å². The van der Waals surface area contributed by atoms with Crippen molar-refractivity contribution in [2.75, 3.05) is 19.4 Å². The number of sulfonamides is 1. The van der Waals surface area contributed by atoms with Crippen LogP contribution in [0.15, 0.2) is 79.0 Å². The summed E-state index contributed by atoms with van der Waals surface area (Å²) < 4.78 is 30.7. The highest BCUT2D eigenvalue weighted by Gasteiger charge is 2.15. The van der Waals surface area contributed by atoms with Gasteiger partial charge in [-0.3, -0.25) is 9.78 Å². The van der Waals surface area contributed by atoms with Crippen LogP contribution < -0.4 is 14.8 Å². The van der Waals surface area contributed by atoms with Crippen molar-refractivity contribution in [3.05, 3.63) is 101 Å². The first kappa shape index (κ1) is 28.5. The van der Waals surface area contributed by atoms with Crippen LogP contribution in [0.4, 0.5) is 0 Å². The number of nitrogens with one attached hydrogen (secondary N) is 2. The lowest BCUT2D eigenvalue weighted by molar-refractivity contribution is 0.0981. The Kier molecular flexibility index (Phi) is 9.16. The Morgan fingerprint density at radius 1 is 1.08 bits per heavy atom. The summed E-state index contributed by atoms with van der Waals surface area (Å²) in [6, 6.07) is 20.5. The van der Waals surface area contributed by atoms with Gasteiger partial charge < -0.3 is 20.3 Å². The zero-order valence-corrected chi connectivity index (χ0v) is 22.6. The van der Waals surface area contributed by atoms with Crippen LogP contribution in [0.5, 0.6) is 11.5 Å². The van der Waals surface area contributed by atoms with Gasteiger partial charge in [-0.15, -0.1) is 0 Å². The predicted octanol–water partition coefficient (Wildman–Crippen LogP) is 3.60. The molecule has 4 aromatic rings. The molecule has 0 aliphatic carbocycles. The number of carbonyl (C=O) groups excluding carboxylic acids is 1. The number of rotatable bonds is 11. The number of halogens is 1. The van der Waals surface area contributed by atoms with E-state index < -0.39 is 22.0 Å². The van der Waals surface area contributed by atoms with Gasteiger partial charge in [-0.05, 0) is 66.1 Å². The summed E-state index contributed by atoms with van der Waals surface area (Å²) in [4.78, 5) is 16.4. The average molecular weight is 570 g/mol. The summed E-state index contributed by atoms with van der Waals surface area (Å²) in [7, 11) is -3.69. The van der Waals surface area contributed by atoms with Crippen LogP contribution in [-0.4, -0.2) is 55.0 Å². The Morgan fingerprint density at radius 3 is 2.54 bits per heavy atom. The fourth-order valence-electron chi connectivity index (χ4n) is 4.00. The molecule has 1 aromatic heterocycles. The summed E-state index contributed by atoms with van der Waals surface area (Å²) in [5.41, 5.74) is 2.30. The third-order valence-electron chi connectivity index (χ3n) is 5.93. The molecule has 2 atom stereocenters. The Bertz CT molecular complexity index is 1560. The highest BCUT2D eigenvalue weighted by atomic mass is 35.5. The van der Waals surface area contributed by atoms with E-state index >= 15 is 0 Å². The van der Waals surface area contributed by atoms with Crippen molar-refractivity contribution in [2.24, 2.45) is 0 Å². The summed E-state index contributed by atoms with van der Waals surface area (Å²) in [6.45, 7) is 0.160. The molecule has 4 rings (SSSR count). The smallest absolute Gasteiger partial charge is 0.264 e. The SMILES string of the molecule is CS(=O)(=O)NC(=O)c1ccc2c(Oc3ccc(C[C@@H](CO)NC[C@@H](O)c4cccc(Cl)c4)cc3)ccnc2c1. The van der Waals surface area contributed by atoms with Crippen LogP contribution in [0.3, 0.4) is 0 Å². The van der Waals surface area contributed by atoms with E-state index in [1.165, 1.54) is 12.1 Å². The summed E-state index contributed by atoms with van der Waals surface area (Å²) in [6.07, 6.45) is 2.23. The van der Waals surface area contributed by atoms with Crippen LogP contribution in [0.2, 0.25) is 5.02 Å². The number of benzene rings is 3. The molecule has 204 valence electrons. The number of aromatic nitrogens is 1. The molecule has 0 aliphatic heterocycles. The van der Waals surface area contributed by atoms with Gasteiger partial charge in [0.05, 0.1) is 24.5 Å². The number of carbonyl (C=O) groups is 1. The van der Waals surface area contributed by atoms with Crippen molar-refractivity contribution in [1.82, 2.24) is 15.0 Å². The number of hydrogen-bond acceptors (Lipinski definition) is 8. The van der Waals surface area contributed by atoms with Crippen molar-refractivity contribution in [2.45, 2.75) is 18.6 Å². The number of aliphatic hydroxyl groups excluding tert-OH is 2. The van der Waals surface area contributed by atoms with Crippen LogP contribution in [0.25, 0.3) is 10.9 Å². The third-order valence-corrected chi connectivity index (χ3v) is 6.72. The molecule has 0 radical (unpaired) electrons. The van der Waals surface area contributed by atoms with Crippen LogP contribution in [0, 0.1) is 0 Å². The number of amides is 1. The first-order chi connectivity index (χ1) is 18.6. The van der Waals surface area contributed by atoms with Crippen molar-refractivity contribution < 1.29 is 28.2 Å². The monoisotopic (exact) mass is 569 g/mol. The number of pyridine rings is 1. The highest BCUT2D eigenvalue weighted by molar-refractivity contribution is 7.89. The van der Waals surface area contributed by atoms with E-state index in [4.69, 9.17) is 16.3 Å². The minimum absolute atomic E-state index is 0.103. The molecule has 0 saturated carbocycles. The number of nitrogens with zero attached hydrogens (tertiary/aromatic N) is 1. The van der Waals surface area contributed by atoms with Crippen molar-refractivity contribution in [3.63, 3.8) is 0 Å². The van der Waals surface area contributed by atoms with Gasteiger partial charge in [0, 0.05) is 34.8 Å². The minimum atomic E-state index is -3.69. The molecule has 3 aromatic carbocycles. The normalized spacial score (nSPS) is 13.1.